The van der Waals surface area contributed by atoms with E-state index in [9.17, 15) is 19.2 Å². The molecular formula is C19H22N2O6. The van der Waals surface area contributed by atoms with E-state index in [1.807, 2.05) is 0 Å². The molecule has 8 nitrogen and oxygen atoms in total. The minimum Gasteiger partial charge on any atom is -0.482 e. The van der Waals surface area contributed by atoms with Crippen molar-refractivity contribution in [3.05, 3.63) is 29.3 Å². The summed E-state index contributed by atoms with van der Waals surface area (Å²) in [5.41, 5.74) is 0.439. The molecule has 0 spiro atoms. The third-order valence-corrected chi connectivity index (χ3v) is 4.30. The van der Waals surface area contributed by atoms with E-state index in [4.69, 9.17) is 9.47 Å². The molecule has 1 unspecified atom stereocenters. The molecule has 3 rings (SSSR count). The normalized spacial score (nSPS) is 19.6. The second-order valence-electron chi connectivity index (χ2n) is 7.56. The summed E-state index contributed by atoms with van der Waals surface area (Å²) in [7, 11) is 0. The highest BCUT2D eigenvalue weighted by molar-refractivity contribution is 6.05. The zero-order valence-electron chi connectivity index (χ0n) is 15.5. The van der Waals surface area contributed by atoms with Crippen molar-refractivity contribution in [2.75, 3.05) is 6.61 Å². The zero-order chi connectivity index (χ0) is 19.8. The molecule has 1 aromatic rings. The van der Waals surface area contributed by atoms with Crippen LogP contribution in [0.15, 0.2) is 18.2 Å². The average Bonchev–Trinajstić information content (AvgIpc) is 2.89. The van der Waals surface area contributed by atoms with Crippen molar-refractivity contribution >= 4 is 23.7 Å². The lowest BCUT2D eigenvalue weighted by atomic mass is 10.0. The fraction of sp³-hybridized carbons (Fsp3) is 0.474. The summed E-state index contributed by atoms with van der Waals surface area (Å²) in [4.78, 5) is 49.5. The van der Waals surface area contributed by atoms with Gasteiger partial charge in [-0.2, -0.15) is 0 Å². The number of carbonyl (C=O) groups is 4. The molecule has 1 fully saturated rings. The van der Waals surface area contributed by atoms with E-state index in [1.54, 1.807) is 39.0 Å². The Hall–Kier alpha value is -2.90. The molecule has 0 radical (unpaired) electrons. The van der Waals surface area contributed by atoms with E-state index in [1.165, 1.54) is 4.90 Å². The molecule has 0 bridgehead atoms. The van der Waals surface area contributed by atoms with Crippen molar-refractivity contribution in [1.29, 1.82) is 0 Å². The van der Waals surface area contributed by atoms with Crippen molar-refractivity contribution in [3.8, 4) is 5.75 Å². The molecule has 2 aliphatic rings. The van der Waals surface area contributed by atoms with Crippen LogP contribution in [-0.4, -0.2) is 46.8 Å². The maximum atomic E-state index is 12.7. The average molecular weight is 374 g/mol. The SMILES string of the molecule is CC(C)(C)OC(=O)COc1cccc2c1CN(C1CCC(=O)NC1=O)C2=O. The van der Waals surface area contributed by atoms with Gasteiger partial charge in [-0.05, 0) is 39.3 Å². The van der Waals surface area contributed by atoms with Crippen LogP contribution in [0.3, 0.4) is 0 Å². The molecule has 2 heterocycles. The first kappa shape index (κ1) is 18.9. The van der Waals surface area contributed by atoms with Gasteiger partial charge in [0.1, 0.15) is 17.4 Å². The molecule has 2 aliphatic heterocycles. The minimum absolute atomic E-state index is 0.185. The number of esters is 1. The summed E-state index contributed by atoms with van der Waals surface area (Å²) < 4.78 is 10.8. The Labute approximate surface area is 156 Å². The number of imide groups is 1. The highest BCUT2D eigenvalue weighted by atomic mass is 16.6. The number of fused-ring (bicyclic) bond motifs is 1. The molecule has 0 aliphatic carbocycles. The maximum absolute atomic E-state index is 12.7. The number of carbonyl (C=O) groups excluding carboxylic acids is 4. The quantitative estimate of drug-likeness (QED) is 0.627. The number of benzene rings is 1. The van der Waals surface area contributed by atoms with E-state index in [0.29, 0.717) is 23.3 Å². The van der Waals surface area contributed by atoms with Crippen molar-refractivity contribution in [1.82, 2.24) is 10.2 Å². The third kappa shape index (κ3) is 4.10. The van der Waals surface area contributed by atoms with Crippen LogP contribution >= 0.6 is 0 Å². The van der Waals surface area contributed by atoms with Crippen LogP contribution in [-0.2, 0) is 25.7 Å². The van der Waals surface area contributed by atoms with Gasteiger partial charge in [0.05, 0.1) is 6.54 Å². The topological polar surface area (TPSA) is 102 Å². The smallest absolute Gasteiger partial charge is 0.344 e. The van der Waals surface area contributed by atoms with Gasteiger partial charge in [0, 0.05) is 17.5 Å². The largest absolute Gasteiger partial charge is 0.482 e. The molecule has 1 atom stereocenters. The van der Waals surface area contributed by atoms with E-state index >= 15 is 0 Å². The van der Waals surface area contributed by atoms with Gasteiger partial charge in [0.2, 0.25) is 11.8 Å². The fourth-order valence-electron chi connectivity index (χ4n) is 3.20. The van der Waals surface area contributed by atoms with Crippen LogP contribution in [0.2, 0.25) is 0 Å². The predicted molar refractivity (Wildman–Crippen MR) is 93.8 cm³/mol. The summed E-state index contributed by atoms with van der Waals surface area (Å²) in [5.74, 6) is -1.19. The summed E-state index contributed by atoms with van der Waals surface area (Å²) in [6.45, 7) is 5.20. The number of nitrogens with zero attached hydrogens (tertiary/aromatic N) is 1. The monoisotopic (exact) mass is 374 g/mol. The Morgan fingerprint density at radius 2 is 2.00 bits per heavy atom. The molecule has 8 heteroatoms. The van der Waals surface area contributed by atoms with Gasteiger partial charge < -0.3 is 14.4 Å². The maximum Gasteiger partial charge on any atom is 0.344 e. The van der Waals surface area contributed by atoms with Crippen molar-refractivity contribution < 1.29 is 28.7 Å². The Balaban J connectivity index is 1.73. The predicted octanol–water partition coefficient (Wildman–Crippen LogP) is 1.17. The molecule has 0 aromatic heterocycles. The number of hydrogen-bond acceptors (Lipinski definition) is 6. The molecule has 27 heavy (non-hydrogen) atoms. The van der Waals surface area contributed by atoms with Crippen LogP contribution < -0.4 is 10.1 Å². The molecule has 3 amide bonds. The zero-order valence-corrected chi connectivity index (χ0v) is 15.5. The number of hydrogen-bond donors (Lipinski definition) is 1. The van der Waals surface area contributed by atoms with Crippen LogP contribution in [0.1, 0.15) is 49.5 Å². The van der Waals surface area contributed by atoms with E-state index in [-0.39, 0.29) is 31.4 Å². The van der Waals surface area contributed by atoms with Crippen molar-refractivity contribution in [3.63, 3.8) is 0 Å². The van der Waals surface area contributed by atoms with Gasteiger partial charge in [0.15, 0.2) is 6.61 Å². The van der Waals surface area contributed by atoms with Crippen LogP contribution in [0.4, 0.5) is 0 Å². The van der Waals surface area contributed by atoms with Crippen LogP contribution in [0.25, 0.3) is 0 Å². The number of rotatable bonds is 4. The standard InChI is InChI=1S/C19H22N2O6/c1-19(2,3)27-16(23)10-26-14-6-4-5-11-12(14)9-21(18(11)25)13-7-8-15(22)20-17(13)24/h4-6,13H,7-10H2,1-3H3,(H,20,22,24). The lowest BCUT2D eigenvalue weighted by molar-refractivity contribution is -0.157. The van der Waals surface area contributed by atoms with Crippen molar-refractivity contribution in [2.45, 2.75) is 51.8 Å². The molecule has 144 valence electrons. The van der Waals surface area contributed by atoms with Crippen molar-refractivity contribution in [2.24, 2.45) is 0 Å². The summed E-state index contributed by atoms with van der Waals surface area (Å²) in [6.07, 6.45) is 0.483. The number of nitrogens with one attached hydrogen (secondary N) is 1. The van der Waals surface area contributed by atoms with Gasteiger partial charge in [-0.15, -0.1) is 0 Å². The number of amides is 3. The number of piperidine rings is 1. The molecule has 1 saturated heterocycles. The minimum atomic E-state index is -0.693. The van der Waals surface area contributed by atoms with Gasteiger partial charge >= 0.3 is 5.97 Å². The Bertz CT molecular complexity index is 811. The Morgan fingerprint density at radius 3 is 2.67 bits per heavy atom. The first-order valence-corrected chi connectivity index (χ1v) is 8.77. The highest BCUT2D eigenvalue weighted by Crippen LogP contribution is 2.33. The second kappa shape index (κ2) is 7.02. The molecule has 1 aromatic carbocycles. The third-order valence-electron chi connectivity index (χ3n) is 4.30. The van der Waals surface area contributed by atoms with Crippen LogP contribution in [0, 0.1) is 0 Å². The first-order chi connectivity index (χ1) is 12.7. The van der Waals surface area contributed by atoms with Gasteiger partial charge in [-0.25, -0.2) is 4.79 Å². The van der Waals surface area contributed by atoms with E-state index in [0.717, 1.165) is 0 Å². The van der Waals surface area contributed by atoms with Crippen LogP contribution in [0.5, 0.6) is 5.75 Å². The summed E-state index contributed by atoms with van der Waals surface area (Å²) in [5, 5.41) is 2.27. The second-order valence-corrected chi connectivity index (χ2v) is 7.56. The number of ether oxygens (including phenoxy) is 2. The first-order valence-electron chi connectivity index (χ1n) is 8.77. The Morgan fingerprint density at radius 1 is 1.26 bits per heavy atom. The van der Waals surface area contributed by atoms with Gasteiger partial charge in [0.25, 0.3) is 5.91 Å². The lowest BCUT2D eigenvalue weighted by Crippen LogP contribution is -2.52. The highest BCUT2D eigenvalue weighted by Gasteiger charge is 2.40. The fourth-order valence-corrected chi connectivity index (χ4v) is 3.20. The van der Waals surface area contributed by atoms with E-state index < -0.39 is 23.5 Å². The van der Waals surface area contributed by atoms with E-state index in [2.05, 4.69) is 5.32 Å². The van der Waals surface area contributed by atoms with Gasteiger partial charge in [-0.1, -0.05) is 6.07 Å². The Kier molecular flexibility index (Phi) is 4.91. The molecule has 0 saturated carbocycles. The molecular weight excluding hydrogens is 352 g/mol. The molecule has 1 N–H and O–H groups in total. The lowest BCUT2D eigenvalue weighted by Gasteiger charge is -2.29. The summed E-state index contributed by atoms with van der Waals surface area (Å²) >= 11 is 0. The summed E-state index contributed by atoms with van der Waals surface area (Å²) in [6, 6.07) is 4.30. The van der Waals surface area contributed by atoms with Gasteiger partial charge in [-0.3, -0.25) is 19.7 Å².